The van der Waals surface area contributed by atoms with Gasteiger partial charge in [0.1, 0.15) is 5.69 Å². The summed E-state index contributed by atoms with van der Waals surface area (Å²) in [5, 5.41) is 13.7. The van der Waals surface area contributed by atoms with Crippen LogP contribution in [0.15, 0.2) is 16.7 Å². The summed E-state index contributed by atoms with van der Waals surface area (Å²) in [4.78, 5) is 15.1. The molecule has 0 atom stereocenters. The van der Waals surface area contributed by atoms with E-state index in [1.807, 2.05) is 0 Å². The van der Waals surface area contributed by atoms with Crippen LogP contribution in [0.5, 0.6) is 0 Å². The van der Waals surface area contributed by atoms with Crippen LogP contribution in [0, 0.1) is 6.92 Å². The van der Waals surface area contributed by atoms with Gasteiger partial charge in [-0.2, -0.15) is 13.2 Å². The molecule has 0 aliphatic carbocycles. The molecule has 1 fully saturated rings. The fourth-order valence-electron chi connectivity index (χ4n) is 2.43. The normalized spacial score (nSPS) is 14.9. The Bertz CT molecular complexity index is 721. The molecular formula is C15H18F3N3O3S. The number of hydrogen-bond donors (Lipinski definition) is 2. The van der Waals surface area contributed by atoms with Gasteiger partial charge in [0, 0.05) is 38.9 Å². The summed E-state index contributed by atoms with van der Waals surface area (Å²) in [5.74, 6) is -1.21. The van der Waals surface area contributed by atoms with E-state index in [9.17, 15) is 18.0 Å². The maximum absolute atomic E-state index is 12.8. The van der Waals surface area contributed by atoms with Crippen molar-refractivity contribution in [3.05, 3.63) is 28.3 Å². The lowest BCUT2D eigenvalue weighted by Crippen LogP contribution is -2.46. The number of aliphatic hydroxyl groups excluding tert-OH is 1. The van der Waals surface area contributed by atoms with Gasteiger partial charge in [0.2, 0.25) is 5.76 Å². The molecule has 0 unspecified atom stereocenters. The van der Waals surface area contributed by atoms with Gasteiger partial charge in [-0.25, -0.2) is 0 Å². The molecule has 0 radical (unpaired) electrons. The van der Waals surface area contributed by atoms with Crippen LogP contribution >= 0.6 is 11.3 Å². The van der Waals surface area contributed by atoms with Gasteiger partial charge in [-0.05, 0) is 19.1 Å². The van der Waals surface area contributed by atoms with Crippen molar-refractivity contribution in [3.8, 4) is 10.6 Å². The average Bonchev–Trinajstić information content (AvgIpc) is 3.23. The van der Waals surface area contributed by atoms with Crippen LogP contribution in [0.25, 0.3) is 10.6 Å². The number of alkyl halides is 3. The highest BCUT2D eigenvalue weighted by Crippen LogP contribution is 2.38. The molecule has 6 nitrogen and oxygen atoms in total. The second kappa shape index (κ2) is 7.98. The molecule has 1 aliphatic rings. The number of carbonyl (C=O) groups excluding carboxylic acids is 1. The fourth-order valence-corrected chi connectivity index (χ4v) is 3.45. The molecule has 3 heterocycles. The van der Waals surface area contributed by atoms with Crippen LogP contribution in [0.2, 0.25) is 0 Å². The third kappa shape index (κ3) is 4.20. The number of rotatable bonds is 2. The number of halogens is 3. The zero-order valence-corrected chi connectivity index (χ0v) is 14.5. The van der Waals surface area contributed by atoms with E-state index in [0.717, 1.165) is 31.5 Å². The second-order valence-corrected chi connectivity index (χ2v) is 6.27. The van der Waals surface area contributed by atoms with Gasteiger partial charge in [-0.3, -0.25) is 4.79 Å². The van der Waals surface area contributed by atoms with Crippen molar-refractivity contribution in [1.82, 2.24) is 15.4 Å². The molecular weight excluding hydrogens is 359 g/mol. The van der Waals surface area contributed by atoms with E-state index < -0.39 is 11.9 Å². The summed E-state index contributed by atoms with van der Waals surface area (Å²) in [7, 11) is 1.00. The van der Waals surface area contributed by atoms with Gasteiger partial charge in [0.25, 0.3) is 5.91 Å². The van der Waals surface area contributed by atoms with Crippen molar-refractivity contribution in [3.63, 3.8) is 0 Å². The number of nitrogens with zero attached hydrogens (tertiary/aromatic N) is 2. The van der Waals surface area contributed by atoms with Gasteiger partial charge < -0.3 is 19.8 Å². The van der Waals surface area contributed by atoms with E-state index >= 15 is 0 Å². The number of thiophene rings is 1. The molecule has 0 aromatic carbocycles. The van der Waals surface area contributed by atoms with Gasteiger partial charge in [-0.1, -0.05) is 5.16 Å². The lowest BCUT2D eigenvalue weighted by atomic mass is 10.2. The third-order valence-electron chi connectivity index (χ3n) is 3.64. The molecule has 0 spiro atoms. The van der Waals surface area contributed by atoms with E-state index in [0.29, 0.717) is 22.8 Å². The van der Waals surface area contributed by atoms with Crippen molar-refractivity contribution in [1.29, 1.82) is 0 Å². The summed E-state index contributed by atoms with van der Waals surface area (Å²) < 4.78 is 42.7. The molecule has 2 aromatic rings. The molecule has 3 rings (SSSR count). The number of amides is 1. The first kappa shape index (κ1) is 19.4. The second-order valence-electron chi connectivity index (χ2n) is 5.19. The molecule has 10 heteroatoms. The maximum atomic E-state index is 12.8. The SMILES string of the molecule is CO.Cc1c(-c2ccc(C(=O)N3CCNCC3)s2)noc1C(F)(F)F. The standard InChI is InChI=1S/C14H14F3N3O2S.CH4O/c1-8-11(19-22-12(8)14(15,16)17)9-2-3-10(23-9)13(21)20-6-4-18-5-7-20;1-2/h2-3,18H,4-7H2,1H3;2H,1H3. The molecule has 25 heavy (non-hydrogen) atoms. The fraction of sp³-hybridized carbons (Fsp3) is 0.467. The van der Waals surface area contributed by atoms with Crippen molar-refractivity contribution in [2.75, 3.05) is 33.3 Å². The zero-order chi connectivity index (χ0) is 18.6. The van der Waals surface area contributed by atoms with Crippen molar-refractivity contribution < 1.29 is 27.6 Å². The largest absolute Gasteiger partial charge is 0.452 e. The number of aromatic nitrogens is 1. The van der Waals surface area contributed by atoms with Crippen LogP contribution in [-0.2, 0) is 6.18 Å². The number of piperazine rings is 1. The predicted molar refractivity (Wildman–Crippen MR) is 86.5 cm³/mol. The molecule has 2 aromatic heterocycles. The van der Waals surface area contributed by atoms with Gasteiger partial charge in [-0.15, -0.1) is 11.3 Å². The first-order valence-corrected chi connectivity index (χ1v) is 8.28. The van der Waals surface area contributed by atoms with Crippen LogP contribution in [0.4, 0.5) is 13.2 Å². The minimum Gasteiger partial charge on any atom is -0.400 e. The predicted octanol–water partition coefficient (Wildman–Crippen LogP) is 2.38. The quantitative estimate of drug-likeness (QED) is 0.840. The van der Waals surface area contributed by atoms with E-state index in [1.165, 1.54) is 6.92 Å². The highest BCUT2D eigenvalue weighted by Gasteiger charge is 2.39. The van der Waals surface area contributed by atoms with E-state index in [-0.39, 0.29) is 17.2 Å². The number of nitrogens with one attached hydrogen (secondary N) is 1. The molecule has 138 valence electrons. The van der Waals surface area contributed by atoms with E-state index in [2.05, 4.69) is 15.0 Å². The molecule has 1 amide bonds. The maximum Gasteiger partial charge on any atom is 0.452 e. The van der Waals surface area contributed by atoms with Crippen LogP contribution < -0.4 is 5.32 Å². The zero-order valence-electron chi connectivity index (χ0n) is 13.7. The molecule has 0 saturated carbocycles. The van der Waals surface area contributed by atoms with Crippen LogP contribution in [0.1, 0.15) is 21.0 Å². The number of aliphatic hydroxyl groups is 1. The molecule has 2 N–H and O–H groups in total. The summed E-state index contributed by atoms with van der Waals surface area (Å²) >= 11 is 1.12. The minimum absolute atomic E-state index is 0.0690. The average molecular weight is 377 g/mol. The van der Waals surface area contributed by atoms with Crippen molar-refractivity contribution in [2.24, 2.45) is 0 Å². The Balaban J connectivity index is 0.00000109. The smallest absolute Gasteiger partial charge is 0.400 e. The van der Waals surface area contributed by atoms with Crippen LogP contribution in [-0.4, -0.2) is 54.4 Å². The highest BCUT2D eigenvalue weighted by atomic mass is 32.1. The Morgan fingerprint density at radius 1 is 1.32 bits per heavy atom. The third-order valence-corrected chi connectivity index (χ3v) is 4.72. The lowest BCUT2D eigenvalue weighted by molar-refractivity contribution is -0.156. The number of carbonyl (C=O) groups is 1. The topological polar surface area (TPSA) is 78.6 Å². The van der Waals surface area contributed by atoms with Gasteiger partial charge in [0.05, 0.1) is 9.75 Å². The first-order chi connectivity index (χ1) is 11.9. The molecule has 1 saturated heterocycles. The van der Waals surface area contributed by atoms with Crippen molar-refractivity contribution >= 4 is 17.2 Å². The minimum atomic E-state index is -4.58. The molecule has 1 aliphatic heterocycles. The Morgan fingerprint density at radius 3 is 2.52 bits per heavy atom. The highest BCUT2D eigenvalue weighted by molar-refractivity contribution is 7.17. The Kier molecular flexibility index (Phi) is 6.20. The Morgan fingerprint density at radius 2 is 1.96 bits per heavy atom. The van der Waals surface area contributed by atoms with Gasteiger partial charge in [0.15, 0.2) is 0 Å². The van der Waals surface area contributed by atoms with E-state index in [4.69, 9.17) is 5.11 Å². The van der Waals surface area contributed by atoms with Gasteiger partial charge >= 0.3 is 6.18 Å². The van der Waals surface area contributed by atoms with Crippen LogP contribution in [0.3, 0.4) is 0 Å². The first-order valence-electron chi connectivity index (χ1n) is 7.46. The molecule has 0 bridgehead atoms. The number of hydrogen-bond acceptors (Lipinski definition) is 6. The summed E-state index contributed by atoms with van der Waals surface area (Å²) in [5.41, 5.74) is 0.0576. The van der Waals surface area contributed by atoms with E-state index in [1.54, 1.807) is 17.0 Å². The Labute approximate surface area is 146 Å². The summed E-state index contributed by atoms with van der Waals surface area (Å²) in [6, 6.07) is 3.22. The van der Waals surface area contributed by atoms with Crippen molar-refractivity contribution in [2.45, 2.75) is 13.1 Å². The monoisotopic (exact) mass is 377 g/mol. The summed E-state index contributed by atoms with van der Waals surface area (Å²) in [6.07, 6.45) is -4.58. The summed E-state index contributed by atoms with van der Waals surface area (Å²) in [6.45, 7) is 4.02. The lowest BCUT2D eigenvalue weighted by Gasteiger charge is -2.26. The Hall–Kier alpha value is -1.91.